The number of benzene rings is 3. The van der Waals surface area contributed by atoms with E-state index in [1.54, 1.807) is 0 Å². The number of para-hydroxylation sites is 2. The molecule has 5 nitrogen and oxygen atoms in total. The number of halogens is 2. The minimum absolute atomic E-state index is 0.0267. The second-order valence-corrected chi connectivity index (χ2v) is 9.84. The number of fused-ring (bicyclic) bond motifs is 1. The largest absolute Gasteiger partial charge is 0.483 e. The van der Waals surface area contributed by atoms with Crippen LogP contribution in [0, 0.1) is 13.8 Å². The molecule has 0 aliphatic carbocycles. The maximum absolute atomic E-state index is 12.2. The monoisotopic (exact) mass is 523 g/mol. The molecule has 0 bridgehead atoms. The number of carbonyl (C=O) groups is 1. The molecule has 0 aliphatic rings. The molecule has 4 aromatic rings. The number of nitrogens with zero attached hydrogens (tertiary/aromatic N) is 2. The molecule has 1 amide bonds. The fourth-order valence-electron chi connectivity index (χ4n) is 4.20. The smallest absolute Gasteiger partial charge is 0.257 e. The third-order valence-electron chi connectivity index (χ3n) is 6.21. The van der Waals surface area contributed by atoms with Crippen LogP contribution in [0.4, 0.5) is 0 Å². The number of imidazole rings is 1. The quantitative estimate of drug-likeness (QED) is 0.217. The Hall–Kier alpha value is -3.02. The number of nitrogens with one attached hydrogen (secondary N) is 1. The predicted octanol–water partition coefficient (Wildman–Crippen LogP) is 6.92. The first kappa shape index (κ1) is 26.1. The van der Waals surface area contributed by atoms with Gasteiger partial charge in [-0.1, -0.05) is 60.0 Å². The highest BCUT2D eigenvalue weighted by Crippen LogP contribution is 2.28. The van der Waals surface area contributed by atoms with Gasteiger partial charge < -0.3 is 14.6 Å². The van der Waals surface area contributed by atoms with Gasteiger partial charge in [0.25, 0.3) is 5.91 Å². The zero-order valence-corrected chi connectivity index (χ0v) is 22.2. The Morgan fingerprint density at radius 1 is 0.972 bits per heavy atom. The Morgan fingerprint density at radius 2 is 1.75 bits per heavy atom. The zero-order valence-electron chi connectivity index (χ0n) is 20.7. The van der Waals surface area contributed by atoms with E-state index < -0.39 is 0 Å². The van der Waals surface area contributed by atoms with Gasteiger partial charge in [0, 0.05) is 28.6 Å². The summed E-state index contributed by atoms with van der Waals surface area (Å²) >= 11 is 12.9. The summed E-state index contributed by atoms with van der Waals surface area (Å²) in [6, 6.07) is 19.7. The Kier molecular flexibility index (Phi) is 8.89. The lowest BCUT2D eigenvalue weighted by molar-refractivity contribution is -0.123. The van der Waals surface area contributed by atoms with E-state index in [1.165, 1.54) is 0 Å². The second-order valence-electron chi connectivity index (χ2n) is 9.02. The Labute approximate surface area is 222 Å². The van der Waals surface area contributed by atoms with Crippen LogP contribution >= 0.6 is 23.2 Å². The lowest BCUT2D eigenvalue weighted by atomic mass is 10.1. The number of hydrogen-bond acceptors (Lipinski definition) is 3. The molecular weight excluding hydrogens is 493 g/mol. The van der Waals surface area contributed by atoms with Gasteiger partial charge >= 0.3 is 0 Å². The topological polar surface area (TPSA) is 56.1 Å². The summed E-state index contributed by atoms with van der Waals surface area (Å²) in [7, 11) is 0. The molecule has 0 atom stereocenters. The van der Waals surface area contributed by atoms with Gasteiger partial charge in [-0.15, -0.1) is 0 Å². The van der Waals surface area contributed by atoms with Crippen LogP contribution in [0.5, 0.6) is 5.75 Å². The minimum Gasteiger partial charge on any atom is -0.483 e. The van der Waals surface area contributed by atoms with E-state index in [0.717, 1.165) is 65.0 Å². The first-order valence-corrected chi connectivity index (χ1v) is 13.0. The summed E-state index contributed by atoms with van der Waals surface area (Å²) in [6.07, 6.45) is 3.68. The number of aryl methyl sites for hydroxylation is 3. The molecule has 0 radical (unpaired) electrons. The van der Waals surface area contributed by atoms with E-state index in [-0.39, 0.29) is 12.5 Å². The summed E-state index contributed by atoms with van der Waals surface area (Å²) in [6.45, 7) is 5.21. The maximum atomic E-state index is 12.2. The molecule has 1 aromatic heterocycles. The van der Waals surface area contributed by atoms with Crippen molar-refractivity contribution in [3.63, 3.8) is 0 Å². The molecule has 0 aliphatic heterocycles. The molecule has 188 valence electrons. The highest BCUT2D eigenvalue weighted by atomic mass is 35.5. The summed E-state index contributed by atoms with van der Waals surface area (Å²) < 4.78 is 7.88. The number of carbonyl (C=O) groups excluding carboxylic acids is 1. The van der Waals surface area contributed by atoms with Gasteiger partial charge in [-0.25, -0.2) is 4.98 Å². The average molecular weight is 524 g/mol. The van der Waals surface area contributed by atoms with Crippen LogP contribution in [0.25, 0.3) is 11.0 Å². The van der Waals surface area contributed by atoms with E-state index in [2.05, 4.69) is 16.0 Å². The SMILES string of the molecule is Cc1ccc(C)c(OCC(=O)NCCCCCc2nc3ccccc3n2Cc2c(Cl)cccc2Cl)c1. The van der Waals surface area contributed by atoms with Crippen LogP contribution in [0.2, 0.25) is 10.0 Å². The molecule has 0 unspecified atom stereocenters. The molecule has 1 N–H and O–H groups in total. The van der Waals surface area contributed by atoms with Crippen molar-refractivity contribution in [2.75, 3.05) is 13.2 Å². The normalized spacial score (nSPS) is 11.1. The van der Waals surface area contributed by atoms with Crippen molar-refractivity contribution in [2.45, 2.75) is 46.1 Å². The zero-order chi connectivity index (χ0) is 25.5. The molecule has 0 fully saturated rings. The molecule has 3 aromatic carbocycles. The van der Waals surface area contributed by atoms with Crippen molar-refractivity contribution in [3.8, 4) is 5.75 Å². The van der Waals surface area contributed by atoms with E-state index in [1.807, 2.05) is 68.4 Å². The van der Waals surface area contributed by atoms with Crippen LogP contribution in [0.3, 0.4) is 0 Å². The maximum Gasteiger partial charge on any atom is 0.257 e. The molecule has 0 saturated carbocycles. The van der Waals surface area contributed by atoms with Gasteiger partial charge in [-0.3, -0.25) is 4.79 Å². The van der Waals surface area contributed by atoms with Gasteiger partial charge in [-0.2, -0.15) is 0 Å². The molecular formula is C29H31Cl2N3O2. The standard InChI is InChI=1S/C29H31Cl2N3O2/c1-20-14-15-21(2)27(17-20)36-19-29(35)32-16-7-3-4-13-28-33-25-11-5-6-12-26(25)34(28)18-22-23(30)9-8-10-24(22)31/h5-6,8-12,14-15,17H,3-4,7,13,16,18-19H2,1-2H3,(H,32,35). The highest BCUT2D eigenvalue weighted by molar-refractivity contribution is 6.36. The van der Waals surface area contributed by atoms with Crippen molar-refractivity contribution in [2.24, 2.45) is 0 Å². The van der Waals surface area contributed by atoms with Gasteiger partial charge in [-0.05, 0) is 68.1 Å². The van der Waals surface area contributed by atoms with E-state index in [4.69, 9.17) is 32.9 Å². The number of rotatable bonds is 11. The third kappa shape index (κ3) is 6.59. The Bertz CT molecular complexity index is 1330. The summed E-state index contributed by atoms with van der Waals surface area (Å²) in [5, 5.41) is 4.26. The molecule has 7 heteroatoms. The molecule has 0 saturated heterocycles. The fourth-order valence-corrected chi connectivity index (χ4v) is 4.72. The minimum atomic E-state index is -0.102. The Balaban J connectivity index is 1.27. The number of hydrogen-bond donors (Lipinski definition) is 1. The molecule has 36 heavy (non-hydrogen) atoms. The summed E-state index contributed by atoms with van der Waals surface area (Å²) in [4.78, 5) is 17.0. The van der Waals surface area contributed by atoms with Crippen LogP contribution < -0.4 is 10.1 Å². The van der Waals surface area contributed by atoms with Crippen LogP contribution in [0.1, 0.15) is 41.8 Å². The fraction of sp³-hybridized carbons (Fsp3) is 0.310. The second kappa shape index (κ2) is 12.3. The summed E-state index contributed by atoms with van der Waals surface area (Å²) in [5.74, 6) is 1.67. The molecule has 1 heterocycles. The van der Waals surface area contributed by atoms with Crippen molar-refractivity contribution in [3.05, 3.63) is 93.2 Å². The number of amides is 1. The van der Waals surface area contributed by atoms with Gasteiger partial charge in [0.15, 0.2) is 6.61 Å². The third-order valence-corrected chi connectivity index (χ3v) is 6.92. The van der Waals surface area contributed by atoms with Crippen LogP contribution in [0.15, 0.2) is 60.7 Å². The van der Waals surface area contributed by atoms with Gasteiger partial charge in [0.1, 0.15) is 11.6 Å². The summed E-state index contributed by atoms with van der Waals surface area (Å²) in [5.41, 5.74) is 5.07. The first-order valence-electron chi connectivity index (χ1n) is 12.3. The van der Waals surface area contributed by atoms with E-state index >= 15 is 0 Å². The lowest BCUT2D eigenvalue weighted by Crippen LogP contribution is -2.29. The average Bonchev–Trinajstić information content (AvgIpc) is 3.21. The highest BCUT2D eigenvalue weighted by Gasteiger charge is 2.14. The van der Waals surface area contributed by atoms with Crippen LogP contribution in [-0.2, 0) is 17.8 Å². The van der Waals surface area contributed by atoms with Crippen molar-refractivity contribution >= 4 is 40.1 Å². The first-order chi connectivity index (χ1) is 17.4. The Morgan fingerprint density at radius 3 is 2.56 bits per heavy atom. The van der Waals surface area contributed by atoms with Crippen LogP contribution in [-0.4, -0.2) is 28.6 Å². The lowest BCUT2D eigenvalue weighted by Gasteiger charge is -2.12. The molecule has 0 spiro atoms. The number of ether oxygens (including phenoxy) is 1. The molecule has 4 rings (SSSR count). The number of aromatic nitrogens is 2. The van der Waals surface area contributed by atoms with Crippen molar-refractivity contribution in [1.82, 2.24) is 14.9 Å². The van der Waals surface area contributed by atoms with Gasteiger partial charge in [0.2, 0.25) is 0 Å². The van der Waals surface area contributed by atoms with Gasteiger partial charge in [0.05, 0.1) is 17.6 Å². The van der Waals surface area contributed by atoms with E-state index in [9.17, 15) is 4.79 Å². The van der Waals surface area contributed by atoms with E-state index in [0.29, 0.717) is 23.1 Å². The predicted molar refractivity (Wildman–Crippen MR) is 147 cm³/mol. The van der Waals surface area contributed by atoms with Crippen molar-refractivity contribution < 1.29 is 9.53 Å². The van der Waals surface area contributed by atoms with Crippen molar-refractivity contribution in [1.29, 1.82) is 0 Å². The number of unbranched alkanes of at least 4 members (excludes halogenated alkanes) is 2.